The van der Waals surface area contributed by atoms with Crippen LogP contribution in [0.5, 0.6) is 0 Å². The quantitative estimate of drug-likeness (QED) is 0.704. The molecule has 0 bridgehead atoms. The smallest absolute Gasteiger partial charge is 0.275 e. The van der Waals surface area contributed by atoms with E-state index in [-0.39, 0.29) is 23.2 Å². The van der Waals surface area contributed by atoms with Crippen LogP contribution in [0.3, 0.4) is 0 Å². The largest absolute Gasteiger partial charge is 0.326 e. The van der Waals surface area contributed by atoms with E-state index >= 15 is 0 Å². The molecule has 4 rings (SSSR count). The second kappa shape index (κ2) is 7.76. The Balaban J connectivity index is 1.75. The summed E-state index contributed by atoms with van der Waals surface area (Å²) in [6, 6.07) is 15.0. The van der Waals surface area contributed by atoms with Crippen molar-refractivity contribution in [3.8, 4) is 0 Å². The zero-order valence-corrected chi connectivity index (χ0v) is 15.8. The van der Waals surface area contributed by atoms with E-state index < -0.39 is 0 Å². The molecular weight excluding hydrogens is 352 g/mol. The van der Waals surface area contributed by atoms with E-state index in [2.05, 4.69) is 22.2 Å². The molecule has 6 heteroatoms. The lowest BCUT2D eigenvalue weighted by atomic mass is 9.86. The normalized spacial score (nSPS) is 15.7. The summed E-state index contributed by atoms with van der Waals surface area (Å²) in [6.07, 6.45) is 6.46. The predicted octanol–water partition coefficient (Wildman–Crippen LogP) is 2.90. The number of hydrogen-bond acceptors (Lipinski definition) is 4. The maximum Gasteiger partial charge on any atom is 0.275 e. The molecule has 1 aliphatic carbocycles. The van der Waals surface area contributed by atoms with Crippen molar-refractivity contribution in [3.05, 3.63) is 93.7 Å². The Morgan fingerprint density at radius 1 is 1.18 bits per heavy atom. The van der Waals surface area contributed by atoms with E-state index in [1.807, 2.05) is 29.2 Å². The van der Waals surface area contributed by atoms with Gasteiger partial charge in [-0.25, -0.2) is 4.68 Å². The van der Waals surface area contributed by atoms with Crippen LogP contribution in [-0.4, -0.2) is 25.6 Å². The number of aryl methyl sites for hydroxylation is 2. The highest BCUT2D eigenvalue weighted by molar-refractivity contribution is 5.92. The first-order valence-electron chi connectivity index (χ1n) is 9.45. The predicted molar refractivity (Wildman–Crippen MR) is 106 cm³/mol. The van der Waals surface area contributed by atoms with Crippen LogP contribution >= 0.6 is 0 Å². The first-order valence-corrected chi connectivity index (χ1v) is 9.45. The summed E-state index contributed by atoms with van der Waals surface area (Å²) in [4.78, 5) is 31.2. The summed E-state index contributed by atoms with van der Waals surface area (Å²) >= 11 is 0. The van der Waals surface area contributed by atoms with Gasteiger partial charge in [-0.2, -0.15) is 5.10 Å². The second-order valence-corrected chi connectivity index (χ2v) is 7.08. The second-order valence-electron chi connectivity index (χ2n) is 7.08. The van der Waals surface area contributed by atoms with E-state index in [9.17, 15) is 9.59 Å². The van der Waals surface area contributed by atoms with Crippen LogP contribution in [0, 0.1) is 0 Å². The van der Waals surface area contributed by atoms with Crippen molar-refractivity contribution in [2.75, 3.05) is 0 Å². The Morgan fingerprint density at radius 3 is 2.82 bits per heavy atom. The highest BCUT2D eigenvalue weighted by Crippen LogP contribution is 2.35. The Labute approximate surface area is 163 Å². The minimum Gasteiger partial charge on any atom is -0.326 e. The van der Waals surface area contributed by atoms with Crippen LogP contribution in [0.1, 0.15) is 46.1 Å². The van der Waals surface area contributed by atoms with Crippen LogP contribution in [-0.2, 0) is 20.0 Å². The molecule has 0 aliphatic heterocycles. The Morgan fingerprint density at radius 2 is 2.04 bits per heavy atom. The van der Waals surface area contributed by atoms with Gasteiger partial charge in [0.15, 0.2) is 0 Å². The average molecular weight is 374 g/mol. The molecule has 28 heavy (non-hydrogen) atoms. The van der Waals surface area contributed by atoms with Gasteiger partial charge in [-0.05, 0) is 48.1 Å². The highest BCUT2D eigenvalue weighted by Gasteiger charge is 2.30. The molecular formula is C22H22N4O2. The van der Waals surface area contributed by atoms with Gasteiger partial charge >= 0.3 is 0 Å². The van der Waals surface area contributed by atoms with Crippen molar-refractivity contribution in [2.24, 2.45) is 7.05 Å². The fourth-order valence-electron chi connectivity index (χ4n) is 3.83. The van der Waals surface area contributed by atoms with E-state index in [0.29, 0.717) is 6.54 Å². The summed E-state index contributed by atoms with van der Waals surface area (Å²) < 4.78 is 1.20. The van der Waals surface area contributed by atoms with Gasteiger partial charge in [0.25, 0.3) is 11.5 Å². The molecule has 0 N–H and O–H groups in total. The molecule has 3 aromatic rings. The number of amides is 1. The third kappa shape index (κ3) is 3.58. The molecule has 6 nitrogen and oxygen atoms in total. The van der Waals surface area contributed by atoms with Crippen molar-refractivity contribution in [1.29, 1.82) is 0 Å². The van der Waals surface area contributed by atoms with Crippen LogP contribution in [0.4, 0.5) is 0 Å². The molecule has 2 aromatic heterocycles. The van der Waals surface area contributed by atoms with Gasteiger partial charge in [0.05, 0.1) is 6.04 Å². The fourth-order valence-corrected chi connectivity index (χ4v) is 3.83. The van der Waals surface area contributed by atoms with Gasteiger partial charge in [0.1, 0.15) is 5.69 Å². The third-order valence-electron chi connectivity index (χ3n) is 5.23. The molecule has 2 heterocycles. The molecule has 1 unspecified atom stereocenters. The summed E-state index contributed by atoms with van der Waals surface area (Å²) in [5.41, 5.74) is 3.48. The molecule has 142 valence electrons. The van der Waals surface area contributed by atoms with E-state index in [4.69, 9.17) is 0 Å². The summed E-state index contributed by atoms with van der Waals surface area (Å²) in [6.45, 7) is 0.441. The lowest BCUT2D eigenvalue weighted by Crippen LogP contribution is -2.37. The number of pyridine rings is 1. The van der Waals surface area contributed by atoms with Gasteiger partial charge in [-0.3, -0.25) is 14.6 Å². The fraction of sp³-hybridized carbons (Fsp3) is 0.273. The molecule has 1 aliphatic rings. The summed E-state index contributed by atoms with van der Waals surface area (Å²) in [5.74, 6) is -0.179. The molecule has 1 aromatic carbocycles. The summed E-state index contributed by atoms with van der Waals surface area (Å²) in [5, 5.41) is 4.18. The Bertz CT molecular complexity index is 1050. The average Bonchev–Trinajstić information content (AvgIpc) is 2.74. The topological polar surface area (TPSA) is 68.1 Å². The van der Waals surface area contributed by atoms with Crippen molar-refractivity contribution in [1.82, 2.24) is 19.7 Å². The van der Waals surface area contributed by atoms with Crippen molar-refractivity contribution >= 4 is 5.91 Å². The van der Waals surface area contributed by atoms with Crippen molar-refractivity contribution in [2.45, 2.75) is 31.8 Å². The highest BCUT2D eigenvalue weighted by atomic mass is 16.2. The van der Waals surface area contributed by atoms with Gasteiger partial charge < -0.3 is 4.90 Å². The van der Waals surface area contributed by atoms with Crippen LogP contribution in [0.2, 0.25) is 0 Å². The lowest BCUT2D eigenvalue weighted by Gasteiger charge is -2.36. The number of nitrogens with zero attached hydrogens (tertiary/aromatic N) is 4. The number of aromatic nitrogens is 3. The summed E-state index contributed by atoms with van der Waals surface area (Å²) in [7, 11) is 1.56. The number of fused-ring (bicyclic) bond motifs is 1. The molecule has 0 fully saturated rings. The minimum atomic E-state index is -0.238. The number of benzene rings is 1. The maximum absolute atomic E-state index is 13.4. The van der Waals surface area contributed by atoms with Crippen molar-refractivity contribution in [3.63, 3.8) is 0 Å². The monoisotopic (exact) mass is 374 g/mol. The zero-order valence-electron chi connectivity index (χ0n) is 15.8. The molecule has 1 amide bonds. The lowest BCUT2D eigenvalue weighted by molar-refractivity contribution is 0.0629. The van der Waals surface area contributed by atoms with Crippen LogP contribution < -0.4 is 5.56 Å². The van der Waals surface area contributed by atoms with E-state index in [0.717, 1.165) is 24.8 Å². The van der Waals surface area contributed by atoms with Crippen LogP contribution in [0.25, 0.3) is 0 Å². The Hall–Kier alpha value is -3.28. The van der Waals surface area contributed by atoms with Gasteiger partial charge in [0, 0.05) is 32.1 Å². The number of carbonyl (C=O) groups is 1. The SMILES string of the molecule is Cn1nc(C(=O)N(Cc2cccnc2)C2CCCc3ccccc32)ccc1=O. The van der Waals surface area contributed by atoms with Crippen LogP contribution in [0.15, 0.2) is 65.7 Å². The van der Waals surface area contributed by atoms with E-state index in [1.54, 1.807) is 19.4 Å². The van der Waals surface area contributed by atoms with Gasteiger partial charge in [-0.1, -0.05) is 30.3 Å². The molecule has 0 saturated heterocycles. The first kappa shape index (κ1) is 18.1. The first-order chi connectivity index (χ1) is 13.6. The maximum atomic E-state index is 13.4. The minimum absolute atomic E-state index is 0.0308. The zero-order chi connectivity index (χ0) is 19.5. The number of rotatable bonds is 4. The molecule has 1 atom stereocenters. The standard InChI is InChI=1S/C22H22N4O2/c1-25-21(27)12-11-19(24-25)22(28)26(15-16-6-5-13-23-14-16)20-10-4-8-17-7-2-3-9-18(17)20/h2-3,5-7,9,11-14,20H,4,8,10,15H2,1H3. The van der Waals surface area contributed by atoms with Gasteiger partial charge in [-0.15, -0.1) is 0 Å². The van der Waals surface area contributed by atoms with Gasteiger partial charge in [0.2, 0.25) is 0 Å². The van der Waals surface area contributed by atoms with Crippen molar-refractivity contribution < 1.29 is 4.79 Å². The van der Waals surface area contributed by atoms with E-state index in [1.165, 1.54) is 27.9 Å². The molecule has 0 saturated carbocycles. The Kier molecular flexibility index (Phi) is 5.02. The molecule has 0 spiro atoms. The number of hydrogen-bond donors (Lipinski definition) is 0. The number of carbonyl (C=O) groups excluding carboxylic acids is 1. The third-order valence-corrected chi connectivity index (χ3v) is 5.23. The molecule has 0 radical (unpaired) electrons.